The second-order valence-corrected chi connectivity index (χ2v) is 7.73. The van der Waals surface area contributed by atoms with Gasteiger partial charge in [0.2, 0.25) is 15.9 Å². The zero-order valence-electron chi connectivity index (χ0n) is 15.4. The van der Waals surface area contributed by atoms with E-state index in [9.17, 15) is 13.2 Å². The average molecular weight is 376 g/mol. The Morgan fingerprint density at radius 3 is 2.31 bits per heavy atom. The van der Waals surface area contributed by atoms with Crippen LogP contribution in [0.4, 0.5) is 5.69 Å². The van der Waals surface area contributed by atoms with Crippen molar-refractivity contribution in [2.75, 3.05) is 12.4 Å². The van der Waals surface area contributed by atoms with Crippen molar-refractivity contribution >= 4 is 21.6 Å². The minimum atomic E-state index is -3.69. The van der Waals surface area contributed by atoms with E-state index in [1.165, 1.54) is 19.1 Å². The average Bonchev–Trinajstić information content (AvgIpc) is 2.59. The Labute approximate surface area is 154 Å². The number of carbonyl (C=O) groups is 1. The topological polar surface area (TPSA) is 84.5 Å². The van der Waals surface area contributed by atoms with Crippen LogP contribution >= 0.6 is 0 Å². The number of hydrogen-bond donors (Lipinski definition) is 2. The first-order chi connectivity index (χ1) is 12.3. The van der Waals surface area contributed by atoms with Gasteiger partial charge in [-0.1, -0.05) is 19.1 Å². The third-order valence-electron chi connectivity index (χ3n) is 4.01. The molecule has 2 aromatic rings. The Morgan fingerprint density at radius 2 is 1.81 bits per heavy atom. The Hall–Kier alpha value is -2.38. The number of benzene rings is 2. The molecule has 0 aromatic heterocycles. The largest absolute Gasteiger partial charge is 0.496 e. The number of amides is 1. The van der Waals surface area contributed by atoms with E-state index in [4.69, 9.17) is 4.74 Å². The first-order valence-electron chi connectivity index (χ1n) is 8.31. The molecule has 6 nitrogen and oxygen atoms in total. The fraction of sp³-hybridized carbons (Fsp3) is 0.316. The molecule has 2 aromatic carbocycles. The van der Waals surface area contributed by atoms with Crippen LogP contribution in [0.2, 0.25) is 0 Å². The summed E-state index contributed by atoms with van der Waals surface area (Å²) in [6.07, 6.45) is 0.606. The standard InChI is InChI=1S/C19H24N2O4S/c1-5-18(15-6-11-19(25-4)13(2)12-15)21-26(23,24)17-9-7-16(8-10-17)20-14(3)22/h6-12,18,21H,5H2,1-4H3,(H,20,22)/t18-/m1/s1. The van der Waals surface area contributed by atoms with E-state index >= 15 is 0 Å². The van der Waals surface area contributed by atoms with Crippen LogP contribution < -0.4 is 14.8 Å². The molecule has 0 spiro atoms. The lowest BCUT2D eigenvalue weighted by Gasteiger charge is -2.19. The van der Waals surface area contributed by atoms with Gasteiger partial charge in [-0.3, -0.25) is 4.79 Å². The SMILES string of the molecule is CC[C@@H](NS(=O)(=O)c1ccc(NC(C)=O)cc1)c1ccc(OC)c(C)c1. The van der Waals surface area contributed by atoms with Crippen molar-refractivity contribution in [1.82, 2.24) is 4.72 Å². The molecule has 0 saturated heterocycles. The number of hydrogen-bond acceptors (Lipinski definition) is 4. The van der Waals surface area contributed by atoms with Crippen molar-refractivity contribution in [2.45, 2.75) is 38.1 Å². The van der Waals surface area contributed by atoms with Gasteiger partial charge < -0.3 is 10.1 Å². The lowest BCUT2D eigenvalue weighted by Crippen LogP contribution is -2.28. The normalized spacial score (nSPS) is 12.5. The Bertz CT molecular complexity index is 877. The Morgan fingerprint density at radius 1 is 1.15 bits per heavy atom. The first-order valence-corrected chi connectivity index (χ1v) is 9.79. The molecule has 0 fully saturated rings. The van der Waals surface area contributed by atoms with Gasteiger partial charge >= 0.3 is 0 Å². The van der Waals surface area contributed by atoms with E-state index in [2.05, 4.69) is 10.0 Å². The van der Waals surface area contributed by atoms with E-state index in [0.717, 1.165) is 16.9 Å². The second-order valence-electron chi connectivity index (χ2n) is 6.02. The van der Waals surface area contributed by atoms with Crippen molar-refractivity contribution < 1.29 is 17.9 Å². The van der Waals surface area contributed by atoms with E-state index in [1.807, 2.05) is 32.0 Å². The fourth-order valence-corrected chi connectivity index (χ4v) is 3.99. The molecule has 1 atom stereocenters. The van der Waals surface area contributed by atoms with E-state index in [0.29, 0.717) is 12.1 Å². The zero-order chi connectivity index (χ0) is 19.3. The minimum Gasteiger partial charge on any atom is -0.496 e. The van der Waals surface area contributed by atoms with Gasteiger partial charge in [0, 0.05) is 18.7 Å². The lowest BCUT2D eigenvalue weighted by molar-refractivity contribution is -0.114. The van der Waals surface area contributed by atoms with Crippen LogP contribution in [-0.2, 0) is 14.8 Å². The summed E-state index contributed by atoms with van der Waals surface area (Å²) in [4.78, 5) is 11.2. The maximum atomic E-state index is 12.7. The molecule has 0 aliphatic rings. The molecular weight excluding hydrogens is 352 g/mol. The van der Waals surface area contributed by atoms with Crippen LogP contribution in [0.25, 0.3) is 0 Å². The molecule has 140 valence electrons. The van der Waals surface area contributed by atoms with E-state index in [-0.39, 0.29) is 16.8 Å². The van der Waals surface area contributed by atoms with E-state index in [1.54, 1.807) is 19.2 Å². The molecule has 26 heavy (non-hydrogen) atoms. The summed E-state index contributed by atoms with van der Waals surface area (Å²) >= 11 is 0. The second kappa shape index (κ2) is 8.33. The fourth-order valence-electron chi connectivity index (χ4n) is 2.68. The van der Waals surface area contributed by atoms with Crippen LogP contribution in [-0.4, -0.2) is 21.4 Å². The molecular formula is C19H24N2O4S. The van der Waals surface area contributed by atoms with Gasteiger partial charge in [-0.25, -0.2) is 13.1 Å². The summed E-state index contributed by atoms with van der Waals surface area (Å²) in [7, 11) is -2.08. The van der Waals surface area contributed by atoms with Crippen LogP contribution in [0.15, 0.2) is 47.4 Å². The summed E-state index contributed by atoms with van der Waals surface area (Å²) in [5, 5.41) is 2.61. The quantitative estimate of drug-likeness (QED) is 0.776. The molecule has 1 amide bonds. The Kier molecular flexibility index (Phi) is 6.39. The monoisotopic (exact) mass is 376 g/mol. The first kappa shape index (κ1) is 19.9. The molecule has 0 radical (unpaired) electrons. The number of aryl methyl sites for hydroxylation is 1. The number of anilines is 1. The third-order valence-corrected chi connectivity index (χ3v) is 5.50. The number of methoxy groups -OCH3 is 1. The smallest absolute Gasteiger partial charge is 0.241 e. The van der Waals surface area contributed by atoms with Crippen LogP contribution in [0, 0.1) is 6.92 Å². The van der Waals surface area contributed by atoms with Gasteiger partial charge in [0.25, 0.3) is 0 Å². The van der Waals surface area contributed by atoms with Gasteiger partial charge in [0.15, 0.2) is 0 Å². The molecule has 0 heterocycles. The summed E-state index contributed by atoms with van der Waals surface area (Å²) in [5.41, 5.74) is 2.38. The highest BCUT2D eigenvalue weighted by Crippen LogP contribution is 2.26. The maximum Gasteiger partial charge on any atom is 0.241 e. The molecule has 7 heteroatoms. The predicted molar refractivity (Wildman–Crippen MR) is 102 cm³/mol. The number of nitrogens with one attached hydrogen (secondary N) is 2. The molecule has 2 rings (SSSR count). The van der Waals surface area contributed by atoms with E-state index < -0.39 is 10.0 Å². The highest BCUT2D eigenvalue weighted by Gasteiger charge is 2.21. The molecule has 0 bridgehead atoms. The highest BCUT2D eigenvalue weighted by atomic mass is 32.2. The van der Waals surface area contributed by atoms with Gasteiger partial charge in [0.05, 0.1) is 12.0 Å². The number of rotatable bonds is 7. The van der Waals surface area contributed by atoms with Crippen molar-refractivity contribution in [2.24, 2.45) is 0 Å². The van der Waals surface area contributed by atoms with Gasteiger partial charge in [-0.05, 0) is 54.8 Å². The minimum absolute atomic E-state index is 0.148. The summed E-state index contributed by atoms with van der Waals surface area (Å²) in [6.45, 7) is 5.24. The van der Waals surface area contributed by atoms with Gasteiger partial charge in [-0.2, -0.15) is 0 Å². The van der Waals surface area contributed by atoms with Crippen LogP contribution in [0.1, 0.15) is 37.4 Å². The van der Waals surface area contributed by atoms with Crippen LogP contribution in [0.3, 0.4) is 0 Å². The number of ether oxygens (including phenoxy) is 1. The van der Waals surface area contributed by atoms with Crippen molar-refractivity contribution in [1.29, 1.82) is 0 Å². The molecule has 0 unspecified atom stereocenters. The predicted octanol–water partition coefficient (Wildman–Crippen LogP) is 3.39. The molecule has 0 aliphatic heterocycles. The lowest BCUT2D eigenvalue weighted by atomic mass is 10.0. The van der Waals surface area contributed by atoms with Crippen LogP contribution in [0.5, 0.6) is 5.75 Å². The summed E-state index contributed by atoms with van der Waals surface area (Å²) in [5.74, 6) is 0.555. The van der Waals surface area contributed by atoms with Gasteiger partial charge in [0.1, 0.15) is 5.75 Å². The van der Waals surface area contributed by atoms with Crippen molar-refractivity contribution in [3.63, 3.8) is 0 Å². The number of carbonyl (C=O) groups excluding carboxylic acids is 1. The van der Waals surface area contributed by atoms with Crippen molar-refractivity contribution in [3.8, 4) is 5.75 Å². The van der Waals surface area contributed by atoms with Gasteiger partial charge in [-0.15, -0.1) is 0 Å². The zero-order valence-corrected chi connectivity index (χ0v) is 16.2. The Balaban J connectivity index is 2.22. The summed E-state index contributed by atoms with van der Waals surface area (Å²) < 4.78 is 33.4. The van der Waals surface area contributed by atoms with Crippen molar-refractivity contribution in [3.05, 3.63) is 53.6 Å². The molecule has 2 N–H and O–H groups in total. The molecule has 0 aliphatic carbocycles. The molecule has 0 saturated carbocycles. The summed E-state index contributed by atoms with van der Waals surface area (Å²) in [6, 6.07) is 11.4. The third kappa shape index (κ3) is 4.83. The highest BCUT2D eigenvalue weighted by molar-refractivity contribution is 7.89. The maximum absolute atomic E-state index is 12.7. The number of sulfonamides is 1.